The lowest BCUT2D eigenvalue weighted by Crippen LogP contribution is -2.34. The first kappa shape index (κ1) is 17.4. The number of hydrogen-bond donors (Lipinski definition) is 1. The highest BCUT2D eigenvalue weighted by atomic mass is 35.5. The second kappa shape index (κ2) is 7.66. The summed E-state index contributed by atoms with van der Waals surface area (Å²) in [6.45, 7) is 0.682. The summed E-state index contributed by atoms with van der Waals surface area (Å²) in [5.41, 5.74) is 1.56. The lowest BCUT2D eigenvalue weighted by molar-refractivity contribution is 0.206. The average Bonchev–Trinajstić information content (AvgIpc) is 3.12. The number of hydrogen-bond acceptors (Lipinski definition) is 3. The molecule has 1 heterocycles. The lowest BCUT2D eigenvalue weighted by Gasteiger charge is -2.27. The van der Waals surface area contributed by atoms with Gasteiger partial charge >= 0.3 is 6.03 Å². The van der Waals surface area contributed by atoms with Gasteiger partial charge in [-0.1, -0.05) is 23.7 Å². The van der Waals surface area contributed by atoms with Gasteiger partial charge in [-0.05, 0) is 43.2 Å². The number of likely N-dealkylation sites (tertiary alicyclic amines) is 1. The van der Waals surface area contributed by atoms with Crippen LogP contribution in [0.15, 0.2) is 42.5 Å². The third-order valence-electron chi connectivity index (χ3n) is 4.42. The number of halogens is 1. The standard InChI is InChI=1S/C19H21ClN2O3/c1-24-13-9-10-18(25-2)14(12-13)17-8-5-11-22(17)19(23)21-16-7-4-3-6-15(16)20/h3-4,6-7,9-10,12,17H,5,8,11H2,1-2H3,(H,21,23). The van der Waals surface area contributed by atoms with Gasteiger partial charge in [0, 0.05) is 12.1 Å². The van der Waals surface area contributed by atoms with E-state index in [9.17, 15) is 4.79 Å². The summed E-state index contributed by atoms with van der Waals surface area (Å²) >= 11 is 6.15. The number of nitrogens with zero attached hydrogens (tertiary/aromatic N) is 1. The molecule has 0 spiro atoms. The van der Waals surface area contributed by atoms with Crippen LogP contribution in [0, 0.1) is 0 Å². The van der Waals surface area contributed by atoms with Crippen LogP contribution in [0.4, 0.5) is 10.5 Å². The minimum absolute atomic E-state index is 0.0625. The van der Waals surface area contributed by atoms with Crippen LogP contribution in [0.2, 0.25) is 5.02 Å². The van der Waals surface area contributed by atoms with Crippen molar-refractivity contribution in [1.82, 2.24) is 4.90 Å². The van der Waals surface area contributed by atoms with Crippen molar-refractivity contribution in [2.45, 2.75) is 18.9 Å². The zero-order valence-electron chi connectivity index (χ0n) is 14.3. The number of methoxy groups -OCH3 is 2. The van der Waals surface area contributed by atoms with Gasteiger partial charge in [-0.3, -0.25) is 0 Å². The predicted octanol–water partition coefficient (Wildman–Crippen LogP) is 4.73. The minimum Gasteiger partial charge on any atom is -0.497 e. The molecule has 1 saturated heterocycles. The van der Waals surface area contributed by atoms with Gasteiger partial charge in [-0.2, -0.15) is 0 Å². The number of carbonyl (C=O) groups is 1. The second-order valence-electron chi connectivity index (χ2n) is 5.87. The Morgan fingerprint density at radius 3 is 2.72 bits per heavy atom. The Morgan fingerprint density at radius 2 is 2.00 bits per heavy atom. The quantitative estimate of drug-likeness (QED) is 0.857. The minimum atomic E-state index is -0.166. The summed E-state index contributed by atoms with van der Waals surface area (Å²) in [4.78, 5) is 14.6. The molecule has 1 fully saturated rings. The number of benzene rings is 2. The fourth-order valence-electron chi connectivity index (χ4n) is 3.18. The Kier molecular flexibility index (Phi) is 5.34. The third-order valence-corrected chi connectivity index (χ3v) is 4.75. The molecule has 6 heteroatoms. The molecule has 1 N–H and O–H groups in total. The molecule has 3 rings (SSSR count). The Balaban J connectivity index is 1.85. The predicted molar refractivity (Wildman–Crippen MR) is 98.7 cm³/mol. The van der Waals surface area contributed by atoms with Crippen LogP contribution >= 0.6 is 11.6 Å². The van der Waals surface area contributed by atoms with Gasteiger partial charge in [0.05, 0.1) is 31.0 Å². The molecular formula is C19H21ClN2O3. The molecule has 0 aliphatic carbocycles. The fourth-order valence-corrected chi connectivity index (χ4v) is 3.37. The van der Waals surface area contributed by atoms with Crippen LogP contribution < -0.4 is 14.8 Å². The second-order valence-corrected chi connectivity index (χ2v) is 6.28. The van der Waals surface area contributed by atoms with Crippen molar-refractivity contribution in [1.29, 1.82) is 0 Å². The maximum absolute atomic E-state index is 12.8. The molecule has 0 aromatic heterocycles. The van der Waals surface area contributed by atoms with Crippen molar-refractivity contribution >= 4 is 23.3 Å². The first-order valence-electron chi connectivity index (χ1n) is 8.18. The zero-order chi connectivity index (χ0) is 17.8. The van der Waals surface area contributed by atoms with Crippen LogP contribution in [0.3, 0.4) is 0 Å². The fraction of sp³-hybridized carbons (Fsp3) is 0.316. The maximum Gasteiger partial charge on any atom is 0.322 e. The van der Waals surface area contributed by atoms with E-state index in [4.69, 9.17) is 21.1 Å². The van der Waals surface area contributed by atoms with Gasteiger partial charge in [0.15, 0.2) is 0 Å². The van der Waals surface area contributed by atoms with Crippen LogP contribution in [0.1, 0.15) is 24.4 Å². The van der Waals surface area contributed by atoms with Crippen molar-refractivity contribution in [3.05, 3.63) is 53.1 Å². The molecule has 1 aliphatic heterocycles. The highest BCUT2D eigenvalue weighted by molar-refractivity contribution is 6.33. The summed E-state index contributed by atoms with van der Waals surface area (Å²) in [6.07, 6.45) is 1.81. The largest absolute Gasteiger partial charge is 0.497 e. The van der Waals surface area contributed by atoms with E-state index in [1.807, 2.05) is 35.2 Å². The summed E-state index contributed by atoms with van der Waals surface area (Å²) in [5, 5.41) is 3.42. The molecule has 0 saturated carbocycles. The van der Waals surface area contributed by atoms with E-state index in [2.05, 4.69) is 5.32 Å². The average molecular weight is 361 g/mol. The SMILES string of the molecule is COc1ccc(OC)c(C2CCCN2C(=O)Nc2ccccc2Cl)c1. The highest BCUT2D eigenvalue weighted by Crippen LogP contribution is 2.39. The number of anilines is 1. The van der Waals surface area contributed by atoms with Crippen LogP contribution in [-0.4, -0.2) is 31.7 Å². The first-order chi connectivity index (χ1) is 12.1. The zero-order valence-corrected chi connectivity index (χ0v) is 15.0. The number of ether oxygens (including phenoxy) is 2. The number of rotatable bonds is 4. The highest BCUT2D eigenvalue weighted by Gasteiger charge is 2.32. The number of carbonyl (C=O) groups excluding carboxylic acids is 1. The van der Waals surface area contributed by atoms with E-state index in [1.54, 1.807) is 26.4 Å². The molecular weight excluding hydrogens is 340 g/mol. The van der Waals surface area contributed by atoms with E-state index in [-0.39, 0.29) is 12.1 Å². The Morgan fingerprint density at radius 1 is 1.20 bits per heavy atom. The molecule has 0 bridgehead atoms. The number of urea groups is 1. The van der Waals surface area contributed by atoms with Crippen molar-refractivity contribution < 1.29 is 14.3 Å². The molecule has 5 nitrogen and oxygen atoms in total. The Labute approximate surface area is 152 Å². The molecule has 0 radical (unpaired) electrons. The molecule has 1 atom stereocenters. The monoisotopic (exact) mass is 360 g/mol. The Hall–Kier alpha value is -2.40. The maximum atomic E-state index is 12.8. The van der Waals surface area contributed by atoms with E-state index in [0.29, 0.717) is 17.3 Å². The van der Waals surface area contributed by atoms with E-state index in [0.717, 1.165) is 29.9 Å². The topological polar surface area (TPSA) is 50.8 Å². The number of amides is 2. The Bertz CT molecular complexity index is 766. The summed E-state index contributed by atoms with van der Waals surface area (Å²) in [6, 6.07) is 12.6. The van der Waals surface area contributed by atoms with Crippen molar-refractivity contribution in [2.24, 2.45) is 0 Å². The van der Waals surface area contributed by atoms with Crippen LogP contribution in [-0.2, 0) is 0 Å². The van der Waals surface area contributed by atoms with Crippen molar-refractivity contribution in [2.75, 3.05) is 26.1 Å². The molecule has 2 aromatic carbocycles. The van der Waals surface area contributed by atoms with Crippen molar-refractivity contribution in [3.8, 4) is 11.5 Å². The lowest BCUT2D eigenvalue weighted by atomic mass is 10.0. The van der Waals surface area contributed by atoms with Crippen LogP contribution in [0.25, 0.3) is 0 Å². The van der Waals surface area contributed by atoms with E-state index < -0.39 is 0 Å². The van der Waals surface area contributed by atoms with Gasteiger partial charge in [-0.25, -0.2) is 4.79 Å². The molecule has 1 aliphatic rings. The van der Waals surface area contributed by atoms with Crippen molar-refractivity contribution in [3.63, 3.8) is 0 Å². The van der Waals surface area contributed by atoms with Gasteiger partial charge in [0.2, 0.25) is 0 Å². The third kappa shape index (κ3) is 3.66. The molecule has 132 valence electrons. The molecule has 2 aromatic rings. The smallest absolute Gasteiger partial charge is 0.322 e. The number of nitrogens with one attached hydrogen (secondary N) is 1. The van der Waals surface area contributed by atoms with Gasteiger partial charge in [-0.15, -0.1) is 0 Å². The molecule has 1 unspecified atom stereocenters. The summed E-state index contributed by atoms with van der Waals surface area (Å²) in [7, 11) is 3.26. The number of para-hydroxylation sites is 1. The summed E-state index contributed by atoms with van der Waals surface area (Å²) < 4.78 is 10.8. The van der Waals surface area contributed by atoms with Gasteiger partial charge in [0.1, 0.15) is 11.5 Å². The van der Waals surface area contributed by atoms with E-state index in [1.165, 1.54) is 0 Å². The van der Waals surface area contributed by atoms with Gasteiger partial charge in [0.25, 0.3) is 0 Å². The first-order valence-corrected chi connectivity index (χ1v) is 8.56. The van der Waals surface area contributed by atoms with Crippen LogP contribution in [0.5, 0.6) is 11.5 Å². The normalized spacial score (nSPS) is 16.6. The molecule has 25 heavy (non-hydrogen) atoms. The van der Waals surface area contributed by atoms with Gasteiger partial charge < -0.3 is 19.7 Å². The molecule has 2 amide bonds. The summed E-state index contributed by atoms with van der Waals surface area (Å²) in [5.74, 6) is 1.50. The van der Waals surface area contributed by atoms with E-state index >= 15 is 0 Å².